The van der Waals surface area contributed by atoms with Crippen molar-refractivity contribution in [1.82, 2.24) is 10.7 Å². The van der Waals surface area contributed by atoms with Crippen molar-refractivity contribution in [3.8, 4) is 0 Å². The zero-order valence-corrected chi connectivity index (χ0v) is 11.3. The predicted molar refractivity (Wildman–Crippen MR) is 70.7 cm³/mol. The number of nitrogens with one attached hydrogen (secondary N) is 2. The van der Waals surface area contributed by atoms with Crippen LogP contribution in [0.2, 0.25) is 0 Å². The molecule has 2 unspecified atom stereocenters. The molecule has 5 nitrogen and oxygen atoms in total. The Balaban J connectivity index is 3.90. The summed E-state index contributed by atoms with van der Waals surface area (Å²) in [6.07, 6.45) is 4.73. The van der Waals surface area contributed by atoms with E-state index in [4.69, 9.17) is 5.84 Å². The van der Waals surface area contributed by atoms with Crippen LogP contribution in [0.25, 0.3) is 0 Å². The fraction of sp³-hybridized carbons (Fsp3) is 0.900. The Hall–Kier alpha value is -0.620. The second-order valence-electron chi connectivity index (χ2n) is 3.84. The first-order valence-corrected chi connectivity index (χ1v) is 7.40. The molecule has 0 amide bonds. The Morgan fingerprint density at radius 1 is 1.56 bits per heavy atom. The van der Waals surface area contributed by atoms with Crippen LogP contribution in [0, 0.1) is 0 Å². The highest BCUT2D eigenvalue weighted by atomic mass is 32.2. The third-order valence-electron chi connectivity index (χ3n) is 2.14. The van der Waals surface area contributed by atoms with Gasteiger partial charge >= 0.3 is 0 Å². The second-order valence-corrected chi connectivity index (χ2v) is 5.39. The topological polar surface area (TPSA) is 79.5 Å². The molecule has 0 fully saturated rings. The number of unbranched alkanes of at least 4 members (excludes halogenated alkanes) is 1. The molecule has 0 aromatic carbocycles. The average molecular weight is 248 g/mol. The van der Waals surface area contributed by atoms with E-state index in [-0.39, 0.29) is 6.04 Å². The number of nitrogens with two attached hydrogens (primary N) is 1. The minimum absolute atomic E-state index is 0.223. The van der Waals surface area contributed by atoms with Crippen molar-refractivity contribution < 1.29 is 4.21 Å². The van der Waals surface area contributed by atoms with Crippen LogP contribution in [0.1, 0.15) is 33.1 Å². The summed E-state index contributed by atoms with van der Waals surface area (Å²) < 4.78 is 10.9. The van der Waals surface area contributed by atoms with Gasteiger partial charge in [-0.3, -0.25) is 14.6 Å². The lowest BCUT2D eigenvalue weighted by Gasteiger charge is -2.15. The summed E-state index contributed by atoms with van der Waals surface area (Å²) in [5.74, 6) is 6.67. The summed E-state index contributed by atoms with van der Waals surface area (Å²) in [5.41, 5.74) is 2.54. The van der Waals surface area contributed by atoms with E-state index >= 15 is 0 Å². The minimum atomic E-state index is -0.741. The number of hydrogen-bond donors (Lipinski definition) is 3. The van der Waals surface area contributed by atoms with E-state index in [0.717, 1.165) is 25.8 Å². The molecule has 2 atom stereocenters. The predicted octanol–water partition coefficient (Wildman–Crippen LogP) is 0.353. The van der Waals surface area contributed by atoms with E-state index in [1.807, 2.05) is 6.92 Å². The van der Waals surface area contributed by atoms with E-state index in [1.54, 1.807) is 6.26 Å². The molecule has 16 heavy (non-hydrogen) atoms. The summed E-state index contributed by atoms with van der Waals surface area (Å²) in [6, 6.07) is 0.223. The van der Waals surface area contributed by atoms with Crippen LogP contribution in [0.15, 0.2) is 4.99 Å². The highest BCUT2D eigenvalue weighted by Gasteiger charge is 2.05. The Bertz CT molecular complexity index is 233. The van der Waals surface area contributed by atoms with Gasteiger partial charge in [-0.15, -0.1) is 0 Å². The first-order chi connectivity index (χ1) is 7.60. The Labute approximate surface area is 101 Å². The van der Waals surface area contributed by atoms with Crippen LogP contribution in [0.5, 0.6) is 0 Å². The van der Waals surface area contributed by atoms with Gasteiger partial charge in [0.2, 0.25) is 5.96 Å². The maximum atomic E-state index is 10.9. The zero-order valence-electron chi connectivity index (χ0n) is 10.5. The van der Waals surface area contributed by atoms with Crippen molar-refractivity contribution >= 4 is 16.8 Å². The first kappa shape index (κ1) is 15.4. The lowest BCUT2D eigenvalue weighted by Crippen LogP contribution is -2.45. The maximum Gasteiger partial charge on any atom is 0.205 e. The maximum absolute atomic E-state index is 10.9. The van der Waals surface area contributed by atoms with Gasteiger partial charge in [0.05, 0.1) is 0 Å². The standard InChI is InChI=1S/C10H24N4OS/c1-4-5-7-12-10(14-11)13-9(2)6-8-16(3)15/h9H,4-8,11H2,1-3H3,(H2,12,13,14). The van der Waals surface area contributed by atoms with Gasteiger partial charge in [-0.25, -0.2) is 5.84 Å². The fourth-order valence-corrected chi connectivity index (χ4v) is 1.82. The number of nitrogens with zero attached hydrogens (tertiary/aromatic N) is 1. The van der Waals surface area contributed by atoms with Crippen molar-refractivity contribution in [2.24, 2.45) is 10.8 Å². The molecule has 0 radical (unpaired) electrons. The van der Waals surface area contributed by atoms with Crippen molar-refractivity contribution in [3.05, 3.63) is 0 Å². The van der Waals surface area contributed by atoms with Gasteiger partial charge in [0.15, 0.2) is 0 Å². The molecule has 0 aliphatic heterocycles. The van der Waals surface area contributed by atoms with Crippen molar-refractivity contribution in [2.45, 2.75) is 39.2 Å². The molecule has 0 saturated heterocycles. The van der Waals surface area contributed by atoms with Crippen LogP contribution < -0.4 is 16.6 Å². The van der Waals surface area contributed by atoms with Crippen LogP contribution in [-0.2, 0) is 10.8 Å². The Morgan fingerprint density at radius 2 is 2.25 bits per heavy atom. The van der Waals surface area contributed by atoms with Crippen LogP contribution in [0.4, 0.5) is 0 Å². The van der Waals surface area contributed by atoms with Crippen LogP contribution >= 0.6 is 0 Å². The molecule has 0 heterocycles. The number of hydrogen-bond acceptors (Lipinski definition) is 3. The van der Waals surface area contributed by atoms with Crippen molar-refractivity contribution in [2.75, 3.05) is 18.6 Å². The monoisotopic (exact) mass is 248 g/mol. The highest BCUT2D eigenvalue weighted by molar-refractivity contribution is 7.84. The highest BCUT2D eigenvalue weighted by Crippen LogP contribution is 1.93. The molecule has 0 aliphatic carbocycles. The molecule has 0 aliphatic rings. The third kappa shape index (κ3) is 8.67. The molecule has 6 heteroatoms. The smallest absolute Gasteiger partial charge is 0.205 e. The fourth-order valence-electron chi connectivity index (χ4n) is 1.13. The van der Waals surface area contributed by atoms with Gasteiger partial charge in [0.1, 0.15) is 0 Å². The van der Waals surface area contributed by atoms with Crippen LogP contribution in [0.3, 0.4) is 0 Å². The number of rotatable bonds is 7. The van der Waals surface area contributed by atoms with E-state index in [9.17, 15) is 4.21 Å². The van der Waals surface area contributed by atoms with Crippen molar-refractivity contribution in [1.29, 1.82) is 0 Å². The summed E-state index contributed by atoms with van der Waals surface area (Å²) >= 11 is 0. The van der Waals surface area contributed by atoms with Crippen LogP contribution in [-0.4, -0.2) is 34.8 Å². The molecule has 0 aromatic rings. The van der Waals surface area contributed by atoms with Gasteiger partial charge in [-0.1, -0.05) is 13.3 Å². The van der Waals surface area contributed by atoms with E-state index in [0.29, 0.717) is 11.7 Å². The second kappa shape index (κ2) is 9.59. The number of aliphatic imine (C=N–C) groups is 1. The third-order valence-corrected chi connectivity index (χ3v) is 2.95. The van der Waals surface area contributed by atoms with Crippen molar-refractivity contribution in [3.63, 3.8) is 0 Å². The molecule has 96 valence electrons. The summed E-state index contributed by atoms with van der Waals surface area (Å²) in [6.45, 7) is 4.92. The molecule has 0 aromatic heterocycles. The first-order valence-electron chi connectivity index (χ1n) is 5.67. The number of hydrazine groups is 1. The van der Waals surface area contributed by atoms with Gasteiger partial charge in [0.25, 0.3) is 0 Å². The summed E-state index contributed by atoms with van der Waals surface area (Å²) in [5, 5.41) is 3.16. The molecule has 0 saturated carbocycles. The lowest BCUT2D eigenvalue weighted by atomic mass is 10.3. The molecule has 0 bridgehead atoms. The van der Waals surface area contributed by atoms with Gasteiger partial charge < -0.3 is 5.32 Å². The largest absolute Gasteiger partial charge is 0.353 e. The number of guanidine groups is 1. The quantitative estimate of drug-likeness (QED) is 0.200. The van der Waals surface area contributed by atoms with E-state index in [2.05, 4.69) is 22.7 Å². The van der Waals surface area contributed by atoms with E-state index in [1.165, 1.54) is 0 Å². The molecular formula is C10H24N4OS. The van der Waals surface area contributed by atoms with E-state index < -0.39 is 10.8 Å². The van der Waals surface area contributed by atoms with Gasteiger partial charge in [-0.05, 0) is 19.8 Å². The summed E-state index contributed by atoms with van der Waals surface area (Å²) in [4.78, 5) is 4.29. The average Bonchev–Trinajstić information content (AvgIpc) is 2.25. The Morgan fingerprint density at radius 3 is 2.75 bits per heavy atom. The molecule has 0 spiro atoms. The zero-order chi connectivity index (χ0) is 12.4. The molecule has 4 N–H and O–H groups in total. The minimum Gasteiger partial charge on any atom is -0.353 e. The SMILES string of the molecule is CCCCN=C(NN)NC(C)CCS(C)=O. The van der Waals surface area contributed by atoms with Gasteiger partial charge in [0, 0.05) is 35.4 Å². The lowest BCUT2D eigenvalue weighted by molar-refractivity contribution is 0.619. The molecule has 0 rings (SSSR count). The molecular weight excluding hydrogens is 224 g/mol. The normalized spacial score (nSPS) is 15.6. The Kier molecular flexibility index (Phi) is 9.22. The summed E-state index contributed by atoms with van der Waals surface area (Å²) in [7, 11) is -0.741. The van der Waals surface area contributed by atoms with Gasteiger partial charge in [-0.2, -0.15) is 0 Å².